The third-order valence-electron chi connectivity index (χ3n) is 5.84. The SMILES string of the molecule is C=C1CC23CC1(O)CCC2(O)c1cccc(C)c1C3=O. The third kappa shape index (κ3) is 1.06. The fourth-order valence-corrected chi connectivity index (χ4v) is 4.69. The Labute approximate surface area is 117 Å². The number of benzene rings is 1. The second-order valence-electron chi connectivity index (χ2n) is 6.76. The number of hydrogen-bond acceptors (Lipinski definition) is 3. The quantitative estimate of drug-likeness (QED) is 0.711. The van der Waals surface area contributed by atoms with Gasteiger partial charge in [-0.3, -0.25) is 4.79 Å². The van der Waals surface area contributed by atoms with Crippen LogP contribution in [-0.4, -0.2) is 21.6 Å². The molecule has 0 radical (unpaired) electrons. The van der Waals surface area contributed by atoms with Crippen LogP contribution in [0.4, 0.5) is 0 Å². The van der Waals surface area contributed by atoms with Gasteiger partial charge in [-0.1, -0.05) is 24.8 Å². The molecule has 3 unspecified atom stereocenters. The summed E-state index contributed by atoms with van der Waals surface area (Å²) in [6.45, 7) is 5.87. The summed E-state index contributed by atoms with van der Waals surface area (Å²) in [6.07, 6.45) is 1.60. The van der Waals surface area contributed by atoms with Gasteiger partial charge in [0.25, 0.3) is 0 Å². The summed E-state index contributed by atoms with van der Waals surface area (Å²) in [5.74, 6) is -0.00937. The Bertz CT molecular complexity index is 677. The van der Waals surface area contributed by atoms with E-state index in [0.717, 1.165) is 11.1 Å². The number of carbonyl (C=O) groups excluding carboxylic acids is 1. The number of aryl methyl sites for hydroxylation is 1. The van der Waals surface area contributed by atoms with Crippen molar-refractivity contribution in [2.45, 2.75) is 43.8 Å². The summed E-state index contributed by atoms with van der Waals surface area (Å²) >= 11 is 0. The molecular weight excluding hydrogens is 252 g/mol. The Morgan fingerprint density at radius 3 is 2.75 bits per heavy atom. The molecule has 2 saturated carbocycles. The van der Waals surface area contributed by atoms with Gasteiger partial charge >= 0.3 is 0 Å². The lowest BCUT2D eigenvalue weighted by Gasteiger charge is -2.44. The van der Waals surface area contributed by atoms with Gasteiger partial charge < -0.3 is 10.2 Å². The maximum atomic E-state index is 13.0. The molecule has 3 aliphatic carbocycles. The zero-order chi connectivity index (χ0) is 14.3. The number of ketones is 1. The van der Waals surface area contributed by atoms with Crippen molar-refractivity contribution >= 4 is 5.78 Å². The van der Waals surface area contributed by atoms with Crippen LogP contribution < -0.4 is 0 Å². The van der Waals surface area contributed by atoms with Crippen LogP contribution in [0.15, 0.2) is 30.4 Å². The van der Waals surface area contributed by atoms with Crippen LogP contribution in [0.5, 0.6) is 0 Å². The van der Waals surface area contributed by atoms with Gasteiger partial charge in [0.2, 0.25) is 0 Å². The maximum Gasteiger partial charge on any atom is 0.173 e. The Kier molecular flexibility index (Phi) is 1.99. The molecule has 2 fully saturated rings. The van der Waals surface area contributed by atoms with E-state index in [1.807, 2.05) is 25.1 Å². The van der Waals surface area contributed by atoms with Gasteiger partial charge in [-0.2, -0.15) is 0 Å². The Morgan fingerprint density at radius 2 is 2.00 bits per heavy atom. The van der Waals surface area contributed by atoms with Crippen LogP contribution in [0.25, 0.3) is 0 Å². The topological polar surface area (TPSA) is 57.5 Å². The number of aliphatic hydroxyl groups is 2. The molecule has 20 heavy (non-hydrogen) atoms. The average Bonchev–Trinajstić information content (AvgIpc) is 2.74. The van der Waals surface area contributed by atoms with Crippen molar-refractivity contribution in [1.82, 2.24) is 0 Å². The van der Waals surface area contributed by atoms with Crippen LogP contribution in [0, 0.1) is 12.3 Å². The van der Waals surface area contributed by atoms with Gasteiger partial charge in [-0.25, -0.2) is 0 Å². The Hall–Kier alpha value is -1.45. The van der Waals surface area contributed by atoms with E-state index in [1.54, 1.807) is 0 Å². The molecule has 1 aromatic carbocycles. The van der Waals surface area contributed by atoms with Gasteiger partial charge in [-0.05, 0) is 49.3 Å². The number of carbonyl (C=O) groups is 1. The first-order valence-electron chi connectivity index (χ1n) is 7.12. The van der Waals surface area contributed by atoms with E-state index in [2.05, 4.69) is 6.58 Å². The van der Waals surface area contributed by atoms with Crippen molar-refractivity contribution in [3.05, 3.63) is 47.0 Å². The van der Waals surface area contributed by atoms with Crippen molar-refractivity contribution in [3.8, 4) is 0 Å². The second-order valence-corrected chi connectivity index (χ2v) is 6.76. The summed E-state index contributed by atoms with van der Waals surface area (Å²) in [6, 6.07) is 5.66. The molecule has 0 saturated heterocycles. The molecule has 0 heterocycles. The van der Waals surface area contributed by atoms with Crippen molar-refractivity contribution < 1.29 is 15.0 Å². The van der Waals surface area contributed by atoms with Crippen molar-refractivity contribution in [3.63, 3.8) is 0 Å². The molecule has 1 spiro atoms. The molecular formula is C17H18O3. The van der Waals surface area contributed by atoms with E-state index >= 15 is 0 Å². The second kappa shape index (κ2) is 3.23. The van der Waals surface area contributed by atoms with Crippen molar-refractivity contribution in [2.24, 2.45) is 5.41 Å². The largest absolute Gasteiger partial charge is 0.385 e. The van der Waals surface area contributed by atoms with Crippen LogP contribution in [0.1, 0.15) is 47.2 Å². The highest BCUT2D eigenvalue weighted by molar-refractivity contribution is 6.08. The molecule has 2 N–H and O–H groups in total. The first-order chi connectivity index (χ1) is 9.34. The van der Waals surface area contributed by atoms with E-state index in [0.29, 0.717) is 36.8 Å². The molecule has 104 valence electrons. The van der Waals surface area contributed by atoms with E-state index in [4.69, 9.17) is 0 Å². The fraction of sp³-hybridized carbons (Fsp3) is 0.471. The van der Waals surface area contributed by atoms with Crippen LogP contribution >= 0.6 is 0 Å². The van der Waals surface area contributed by atoms with E-state index < -0.39 is 16.6 Å². The van der Waals surface area contributed by atoms with Crippen molar-refractivity contribution in [1.29, 1.82) is 0 Å². The fourth-order valence-electron chi connectivity index (χ4n) is 4.69. The van der Waals surface area contributed by atoms with Crippen LogP contribution in [-0.2, 0) is 5.60 Å². The predicted octanol–water partition coefficient (Wildman–Crippen LogP) is 2.24. The molecule has 0 aromatic heterocycles. The summed E-state index contributed by atoms with van der Waals surface area (Å²) in [5.41, 5.74) is 0.00620. The molecule has 3 aliphatic rings. The molecule has 3 atom stereocenters. The molecule has 3 heteroatoms. The number of fused-ring (bicyclic) bond motifs is 3. The third-order valence-corrected chi connectivity index (χ3v) is 5.84. The Balaban J connectivity index is 2.03. The van der Waals surface area contributed by atoms with E-state index in [-0.39, 0.29) is 5.78 Å². The number of Topliss-reactive ketones (excluding diaryl/α,β-unsaturated/α-hetero) is 1. The van der Waals surface area contributed by atoms with Crippen LogP contribution in [0.2, 0.25) is 0 Å². The van der Waals surface area contributed by atoms with Gasteiger partial charge in [0.05, 0.1) is 11.0 Å². The molecule has 4 rings (SSSR count). The average molecular weight is 270 g/mol. The lowest BCUT2D eigenvalue weighted by molar-refractivity contribution is -0.115. The predicted molar refractivity (Wildman–Crippen MR) is 74.4 cm³/mol. The van der Waals surface area contributed by atoms with E-state index in [1.165, 1.54) is 0 Å². The lowest BCUT2D eigenvalue weighted by atomic mass is 9.63. The highest BCUT2D eigenvalue weighted by Crippen LogP contribution is 2.68. The van der Waals surface area contributed by atoms with Gasteiger partial charge in [0, 0.05) is 5.56 Å². The molecule has 2 bridgehead atoms. The van der Waals surface area contributed by atoms with Crippen LogP contribution in [0.3, 0.4) is 0 Å². The summed E-state index contributed by atoms with van der Waals surface area (Å²) in [4.78, 5) is 13.0. The van der Waals surface area contributed by atoms with Gasteiger partial charge in [0.15, 0.2) is 5.78 Å². The minimum Gasteiger partial charge on any atom is -0.385 e. The number of rotatable bonds is 0. The first-order valence-corrected chi connectivity index (χ1v) is 7.12. The standard InChI is InChI=1S/C17H18O3/c1-10-4-3-5-12-13(10)14(18)15-8-11(2)16(19,9-15)6-7-17(12,15)20/h3-5,19-20H,2,6-9H2,1H3. The summed E-state index contributed by atoms with van der Waals surface area (Å²) < 4.78 is 0. The molecule has 0 amide bonds. The normalized spacial score (nSPS) is 41.8. The minimum absolute atomic E-state index is 0.00937. The van der Waals surface area contributed by atoms with Crippen molar-refractivity contribution in [2.75, 3.05) is 0 Å². The molecule has 0 aliphatic heterocycles. The summed E-state index contributed by atoms with van der Waals surface area (Å²) in [5, 5.41) is 21.9. The zero-order valence-corrected chi connectivity index (χ0v) is 11.6. The zero-order valence-electron chi connectivity index (χ0n) is 11.6. The van der Waals surface area contributed by atoms with Gasteiger partial charge in [0.1, 0.15) is 5.60 Å². The monoisotopic (exact) mass is 270 g/mol. The lowest BCUT2D eigenvalue weighted by Crippen LogP contribution is -2.50. The molecule has 1 aromatic rings. The highest BCUT2D eigenvalue weighted by atomic mass is 16.3. The van der Waals surface area contributed by atoms with E-state index in [9.17, 15) is 15.0 Å². The minimum atomic E-state index is -1.14. The number of hydrogen-bond donors (Lipinski definition) is 2. The highest BCUT2D eigenvalue weighted by Gasteiger charge is 2.71. The summed E-state index contributed by atoms with van der Waals surface area (Å²) in [7, 11) is 0. The first kappa shape index (κ1) is 12.3. The Morgan fingerprint density at radius 1 is 1.25 bits per heavy atom. The smallest absolute Gasteiger partial charge is 0.173 e. The molecule has 3 nitrogen and oxygen atoms in total. The van der Waals surface area contributed by atoms with Gasteiger partial charge in [-0.15, -0.1) is 0 Å². The maximum absolute atomic E-state index is 13.0.